The van der Waals surface area contributed by atoms with Gasteiger partial charge in [-0.15, -0.1) is 0 Å². The van der Waals surface area contributed by atoms with Gasteiger partial charge in [0.15, 0.2) is 11.6 Å². The SMILES string of the molecule is O=C(O)NCC1CCN(c2nc(Cl)ncc2F)CC1. The smallest absolute Gasteiger partial charge is 0.404 e. The molecule has 0 radical (unpaired) electrons. The minimum atomic E-state index is -1.02. The Balaban J connectivity index is 1.92. The highest BCUT2D eigenvalue weighted by Crippen LogP contribution is 2.24. The minimum absolute atomic E-state index is 0.0195. The van der Waals surface area contributed by atoms with E-state index in [1.807, 2.05) is 0 Å². The fraction of sp³-hybridized carbons (Fsp3) is 0.545. The van der Waals surface area contributed by atoms with Gasteiger partial charge in [-0.3, -0.25) is 0 Å². The Kier molecular flexibility index (Phi) is 4.36. The number of carboxylic acid groups (broad SMARTS) is 1. The number of carbonyl (C=O) groups is 1. The molecule has 1 fully saturated rings. The minimum Gasteiger partial charge on any atom is -0.465 e. The first-order valence-electron chi connectivity index (χ1n) is 5.96. The summed E-state index contributed by atoms with van der Waals surface area (Å²) in [4.78, 5) is 19.7. The first kappa shape index (κ1) is 13.8. The van der Waals surface area contributed by atoms with E-state index in [1.165, 1.54) is 0 Å². The van der Waals surface area contributed by atoms with Crippen LogP contribution in [0.15, 0.2) is 6.20 Å². The number of hydrogen-bond acceptors (Lipinski definition) is 4. The van der Waals surface area contributed by atoms with E-state index in [2.05, 4.69) is 15.3 Å². The summed E-state index contributed by atoms with van der Waals surface area (Å²) in [7, 11) is 0. The largest absolute Gasteiger partial charge is 0.465 e. The maximum absolute atomic E-state index is 13.6. The second kappa shape index (κ2) is 6.01. The van der Waals surface area contributed by atoms with Crippen LogP contribution in [0.5, 0.6) is 0 Å². The number of hydrogen-bond donors (Lipinski definition) is 2. The summed E-state index contributed by atoms with van der Waals surface area (Å²) in [5.41, 5.74) is 0. The summed E-state index contributed by atoms with van der Waals surface area (Å²) in [6, 6.07) is 0. The van der Waals surface area contributed by atoms with Crippen LogP contribution in [-0.2, 0) is 0 Å². The van der Waals surface area contributed by atoms with Crippen molar-refractivity contribution in [1.29, 1.82) is 0 Å². The van der Waals surface area contributed by atoms with E-state index in [1.54, 1.807) is 4.90 Å². The van der Waals surface area contributed by atoms with Crippen LogP contribution in [0.3, 0.4) is 0 Å². The summed E-state index contributed by atoms with van der Waals surface area (Å²) in [6.45, 7) is 1.67. The second-order valence-electron chi connectivity index (χ2n) is 4.43. The lowest BCUT2D eigenvalue weighted by molar-refractivity contribution is 0.191. The van der Waals surface area contributed by atoms with Crippen LogP contribution in [0, 0.1) is 11.7 Å². The molecule has 19 heavy (non-hydrogen) atoms. The van der Waals surface area contributed by atoms with Crippen molar-refractivity contribution in [3.8, 4) is 0 Å². The molecule has 0 aromatic carbocycles. The quantitative estimate of drug-likeness (QED) is 0.829. The van der Waals surface area contributed by atoms with E-state index in [9.17, 15) is 9.18 Å². The summed E-state index contributed by atoms with van der Waals surface area (Å²) in [5, 5.41) is 10.9. The average molecular weight is 289 g/mol. The van der Waals surface area contributed by atoms with E-state index in [0.29, 0.717) is 19.6 Å². The summed E-state index contributed by atoms with van der Waals surface area (Å²) in [5.74, 6) is -0.0103. The molecule has 1 aliphatic heterocycles. The maximum atomic E-state index is 13.6. The first-order valence-corrected chi connectivity index (χ1v) is 6.34. The van der Waals surface area contributed by atoms with Gasteiger partial charge < -0.3 is 15.3 Å². The Bertz CT molecular complexity index is 466. The molecule has 0 bridgehead atoms. The molecular formula is C11H14ClFN4O2. The molecular weight excluding hydrogens is 275 g/mol. The monoisotopic (exact) mass is 288 g/mol. The average Bonchev–Trinajstić information content (AvgIpc) is 2.40. The lowest BCUT2D eigenvalue weighted by Crippen LogP contribution is -2.39. The Morgan fingerprint density at radius 3 is 2.89 bits per heavy atom. The lowest BCUT2D eigenvalue weighted by Gasteiger charge is -2.32. The van der Waals surface area contributed by atoms with Gasteiger partial charge in [0.1, 0.15) is 0 Å². The molecule has 1 aromatic heterocycles. The zero-order valence-corrected chi connectivity index (χ0v) is 10.9. The Hall–Kier alpha value is -1.63. The van der Waals surface area contributed by atoms with Crippen molar-refractivity contribution in [2.75, 3.05) is 24.5 Å². The Labute approximate surface area is 114 Å². The summed E-state index contributed by atoms with van der Waals surface area (Å²) in [6.07, 6.45) is 1.60. The number of halogens is 2. The molecule has 1 amide bonds. The van der Waals surface area contributed by atoms with Gasteiger partial charge in [0.25, 0.3) is 0 Å². The van der Waals surface area contributed by atoms with E-state index in [0.717, 1.165) is 19.0 Å². The van der Waals surface area contributed by atoms with Crippen molar-refractivity contribution in [2.45, 2.75) is 12.8 Å². The molecule has 1 aliphatic rings. The molecule has 2 rings (SSSR count). The van der Waals surface area contributed by atoms with Crippen LogP contribution in [0.25, 0.3) is 0 Å². The number of piperidine rings is 1. The number of nitrogens with one attached hydrogen (secondary N) is 1. The van der Waals surface area contributed by atoms with Gasteiger partial charge in [0, 0.05) is 19.6 Å². The van der Waals surface area contributed by atoms with Gasteiger partial charge in [-0.1, -0.05) is 0 Å². The van der Waals surface area contributed by atoms with Crippen LogP contribution in [-0.4, -0.2) is 40.8 Å². The lowest BCUT2D eigenvalue weighted by atomic mass is 9.97. The summed E-state index contributed by atoms with van der Waals surface area (Å²) >= 11 is 5.66. The zero-order valence-electron chi connectivity index (χ0n) is 10.1. The van der Waals surface area contributed by atoms with Crippen molar-refractivity contribution in [3.63, 3.8) is 0 Å². The molecule has 1 aromatic rings. The number of aromatic nitrogens is 2. The standard InChI is InChI=1S/C11H14ClFN4O2/c12-10-14-6-8(13)9(16-10)17-3-1-7(2-4-17)5-15-11(18)19/h6-7,15H,1-5H2,(H,18,19). The third kappa shape index (κ3) is 3.66. The Morgan fingerprint density at radius 2 is 2.26 bits per heavy atom. The third-order valence-corrected chi connectivity index (χ3v) is 3.33. The third-order valence-electron chi connectivity index (χ3n) is 3.15. The molecule has 0 spiro atoms. The number of rotatable bonds is 3. The second-order valence-corrected chi connectivity index (χ2v) is 4.77. The number of amides is 1. The van der Waals surface area contributed by atoms with Crippen molar-refractivity contribution < 1.29 is 14.3 Å². The fourth-order valence-corrected chi connectivity index (χ4v) is 2.27. The van der Waals surface area contributed by atoms with Crippen LogP contribution in [0.2, 0.25) is 5.28 Å². The van der Waals surface area contributed by atoms with Crippen LogP contribution in [0.1, 0.15) is 12.8 Å². The Morgan fingerprint density at radius 1 is 1.58 bits per heavy atom. The molecule has 0 saturated carbocycles. The molecule has 0 unspecified atom stereocenters. The van der Waals surface area contributed by atoms with Crippen molar-refractivity contribution >= 4 is 23.5 Å². The van der Waals surface area contributed by atoms with Gasteiger partial charge in [-0.05, 0) is 30.4 Å². The first-order chi connectivity index (χ1) is 9.06. The molecule has 8 heteroatoms. The highest BCUT2D eigenvalue weighted by atomic mass is 35.5. The zero-order chi connectivity index (χ0) is 13.8. The highest BCUT2D eigenvalue weighted by molar-refractivity contribution is 6.28. The summed E-state index contributed by atoms with van der Waals surface area (Å²) < 4.78 is 13.6. The molecule has 2 heterocycles. The van der Waals surface area contributed by atoms with Gasteiger partial charge in [0.2, 0.25) is 5.28 Å². The molecule has 6 nitrogen and oxygen atoms in total. The highest BCUT2D eigenvalue weighted by Gasteiger charge is 2.23. The molecule has 0 aliphatic carbocycles. The normalized spacial score (nSPS) is 16.4. The van der Waals surface area contributed by atoms with Crippen molar-refractivity contribution in [3.05, 3.63) is 17.3 Å². The van der Waals surface area contributed by atoms with Gasteiger partial charge >= 0.3 is 6.09 Å². The van der Waals surface area contributed by atoms with Crippen LogP contribution < -0.4 is 10.2 Å². The molecule has 1 saturated heterocycles. The van der Waals surface area contributed by atoms with Crippen molar-refractivity contribution in [1.82, 2.24) is 15.3 Å². The number of nitrogens with zero attached hydrogens (tertiary/aromatic N) is 3. The topological polar surface area (TPSA) is 78.4 Å². The van der Waals surface area contributed by atoms with Gasteiger partial charge in [-0.2, -0.15) is 4.98 Å². The maximum Gasteiger partial charge on any atom is 0.404 e. The van der Waals surface area contributed by atoms with E-state index in [4.69, 9.17) is 16.7 Å². The van der Waals surface area contributed by atoms with E-state index >= 15 is 0 Å². The van der Waals surface area contributed by atoms with E-state index in [-0.39, 0.29) is 17.0 Å². The molecule has 104 valence electrons. The predicted octanol–water partition coefficient (Wildman–Crippen LogP) is 1.75. The van der Waals surface area contributed by atoms with Gasteiger partial charge in [-0.25, -0.2) is 14.2 Å². The van der Waals surface area contributed by atoms with Gasteiger partial charge in [0.05, 0.1) is 6.20 Å². The van der Waals surface area contributed by atoms with E-state index < -0.39 is 11.9 Å². The predicted molar refractivity (Wildman–Crippen MR) is 68.0 cm³/mol. The van der Waals surface area contributed by atoms with Crippen LogP contribution in [0.4, 0.5) is 15.0 Å². The molecule has 0 atom stereocenters. The van der Waals surface area contributed by atoms with Crippen LogP contribution >= 0.6 is 11.6 Å². The molecule has 2 N–H and O–H groups in total. The number of anilines is 1. The fourth-order valence-electron chi connectivity index (χ4n) is 2.14. The van der Waals surface area contributed by atoms with Crippen molar-refractivity contribution in [2.24, 2.45) is 5.92 Å².